The van der Waals surface area contributed by atoms with Crippen LogP contribution in [0.1, 0.15) is 17.7 Å². The lowest BCUT2D eigenvalue weighted by Crippen LogP contribution is -2.05. The lowest BCUT2D eigenvalue weighted by Gasteiger charge is -2.06. The second-order valence-corrected chi connectivity index (χ2v) is 2.88. The van der Waals surface area contributed by atoms with Gasteiger partial charge in [-0.25, -0.2) is 8.78 Å². The van der Waals surface area contributed by atoms with Crippen LogP contribution in [0.15, 0.2) is 6.20 Å². The van der Waals surface area contributed by atoms with Gasteiger partial charge in [0, 0.05) is 6.20 Å². The third kappa shape index (κ3) is 2.12. The van der Waals surface area contributed by atoms with Gasteiger partial charge >= 0.3 is 5.69 Å². The van der Waals surface area contributed by atoms with Gasteiger partial charge in [-0.1, -0.05) is 0 Å². The van der Waals surface area contributed by atoms with Gasteiger partial charge in [-0.3, -0.25) is 15.1 Å². The number of nitrogen functional groups attached to an aromatic ring is 1. The molecule has 0 saturated carbocycles. The molecule has 1 heterocycles. The van der Waals surface area contributed by atoms with E-state index in [-0.39, 0.29) is 11.6 Å². The van der Waals surface area contributed by atoms with Gasteiger partial charge in [0.15, 0.2) is 0 Å². The molecule has 0 aliphatic carbocycles. The first-order valence-electron chi connectivity index (χ1n) is 3.74. The fourth-order valence-electron chi connectivity index (χ4n) is 1.05. The molecule has 5 nitrogen and oxygen atoms in total. The van der Waals surface area contributed by atoms with Crippen LogP contribution in [0.25, 0.3) is 0 Å². The van der Waals surface area contributed by atoms with Crippen LogP contribution in [0, 0.1) is 10.1 Å². The molecule has 0 amide bonds. The van der Waals surface area contributed by atoms with Gasteiger partial charge < -0.3 is 5.73 Å². The highest BCUT2D eigenvalue weighted by molar-refractivity contribution is 6.17. The number of nitro groups is 1. The molecule has 0 aliphatic heterocycles. The van der Waals surface area contributed by atoms with E-state index in [2.05, 4.69) is 4.98 Å². The molecule has 0 aliphatic rings. The maximum absolute atomic E-state index is 12.3. The number of nitrogens with zero attached hydrogens (tertiary/aromatic N) is 2. The molecule has 15 heavy (non-hydrogen) atoms. The Morgan fingerprint density at radius 2 is 2.27 bits per heavy atom. The van der Waals surface area contributed by atoms with Gasteiger partial charge in [-0.2, -0.15) is 0 Å². The van der Waals surface area contributed by atoms with Crippen LogP contribution in [0.3, 0.4) is 0 Å². The van der Waals surface area contributed by atoms with Crippen molar-refractivity contribution in [3.8, 4) is 0 Å². The lowest BCUT2D eigenvalue weighted by atomic mass is 10.2. The highest BCUT2D eigenvalue weighted by atomic mass is 35.5. The lowest BCUT2D eigenvalue weighted by molar-refractivity contribution is -0.384. The molecule has 82 valence electrons. The third-order valence-corrected chi connectivity index (χ3v) is 2.00. The minimum atomic E-state index is -2.90. The Bertz CT molecular complexity index is 400. The summed E-state index contributed by atoms with van der Waals surface area (Å²) in [6.07, 6.45) is -2.11. The number of anilines is 1. The fourth-order valence-corrected chi connectivity index (χ4v) is 1.24. The molecule has 1 aromatic heterocycles. The molecule has 0 atom stereocenters. The van der Waals surface area contributed by atoms with Crippen molar-refractivity contribution in [2.24, 2.45) is 0 Å². The largest absolute Gasteiger partial charge is 0.393 e. The summed E-state index contributed by atoms with van der Waals surface area (Å²) in [6.45, 7) is 0. The van der Waals surface area contributed by atoms with E-state index in [1.54, 1.807) is 0 Å². The van der Waals surface area contributed by atoms with E-state index in [9.17, 15) is 18.9 Å². The second kappa shape index (κ2) is 4.35. The molecule has 0 spiro atoms. The summed E-state index contributed by atoms with van der Waals surface area (Å²) in [5.74, 6) is -0.260. The zero-order chi connectivity index (χ0) is 11.6. The first-order valence-corrected chi connectivity index (χ1v) is 4.28. The minimum Gasteiger partial charge on any atom is -0.393 e. The van der Waals surface area contributed by atoms with Gasteiger partial charge in [0.1, 0.15) is 11.4 Å². The number of hydrogen-bond acceptors (Lipinski definition) is 4. The summed E-state index contributed by atoms with van der Waals surface area (Å²) in [5.41, 5.74) is 3.23. The van der Waals surface area contributed by atoms with E-state index in [0.717, 1.165) is 6.20 Å². The Morgan fingerprint density at radius 3 is 2.67 bits per heavy atom. The molecule has 0 saturated heterocycles. The quantitative estimate of drug-likeness (QED) is 0.497. The summed E-state index contributed by atoms with van der Waals surface area (Å²) in [6, 6.07) is 0. The predicted octanol–water partition coefficient (Wildman–Crippen LogP) is 2.25. The van der Waals surface area contributed by atoms with Crippen molar-refractivity contribution >= 4 is 23.0 Å². The molecular formula is C7H6ClF2N3O2. The monoisotopic (exact) mass is 237 g/mol. The van der Waals surface area contributed by atoms with E-state index in [4.69, 9.17) is 17.3 Å². The number of nitrogens with two attached hydrogens (primary N) is 1. The molecular weight excluding hydrogens is 232 g/mol. The smallest absolute Gasteiger partial charge is 0.315 e. The fraction of sp³-hybridized carbons (Fsp3) is 0.286. The number of hydrogen-bond donors (Lipinski definition) is 1. The Morgan fingerprint density at radius 1 is 1.67 bits per heavy atom. The second-order valence-electron chi connectivity index (χ2n) is 2.61. The van der Waals surface area contributed by atoms with Gasteiger partial charge in [-0.15, -0.1) is 11.6 Å². The maximum Gasteiger partial charge on any atom is 0.315 e. The summed E-state index contributed by atoms with van der Waals surface area (Å²) in [7, 11) is 0. The van der Waals surface area contributed by atoms with Crippen LogP contribution in [0.5, 0.6) is 0 Å². The van der Waals surface area contributed by atoms with Gasteiger partial charge in [0.05, 0.1) is 16.4 Å². The normalized spacial score (nSPS) is 10.7. The molecule has 0 bridgehead atoms. The predicted molar refractivity (Wildman–Crippen MR) is 49.8 cm³/mol. The van der Waals surface area contributed by atoms with Crippen molar-refractivity contribution in [1.82, 2.24) is 4.98 Å². The van der Waals surface area contributed by atoms with E-state index < -0.39 is 28.3 Å². The number of halogens is 3. The summed E-state index contributed by atoms with van der Waals surface area (Å²) < 4.78 is 24.7. The summed E-state index contributed by atoms with van der Waals surface area (Å²) in [5, 5.41) is 10.6. The van der Waals surface area contributed by atoms with E-state index in [1.165, 1.54) is 0 Å². The average Bonchev–Trinajstić information content (AvgIpc) is 2.15. The Balaban J connectivity index is 3.42. The SMILES string of the molecule is Nc1c(C(F)F)cnc(CCl)c1[N+](=O)[O-]. The standard InChI is InChI=1S/C7H6ClF2N3O2/c8-1-4-6(13(14)15)5(11)3(2-12-4)7(9)10/h2,7H,1H2,(H2,11,12). The number of pyridine rings is 1. The van der Waals surface area contributed by atoms with E-state index in [1.807, 2.05) is 0 Å². The van der Waals surface area contributed by atoms with Crippen molar-refractivity contribution in [2.75, 3.05) is 5.73 Å². The number of alkyl halides is 3. The molecule has 0 aromatic carbocycles. The van der Waals surface area contributed by atoms with Crippen molar-refractivity contribution < 1.29 is 13.7 Å². The average molecular weight is 238 g/mol. The highest BCUT2D eigenvalue weighted by Gasteiger charge is 2.25. The Labute approximate surface area is 88.0 Å². The Kier molecular flexibility index (Phi) is 3.35. The topological polar surface area (TPSA) is 82.0 Å². The van der Waals surface area contributed by atoms with Crippen molar-refractivity contribution in [3.63, 3.8) is 0 Å². The van der Waals surface area contributed by atoms with Crippen LogP contribution in [-0.4, -0.2) is 9.91 Å². The van der Waals surface area contributed by atoms with Crippen molar-refractivity contribution in [1.29, 1.82) is 0 Å². The van der Waals surface area contributed by atoms with Crippen molar-refractivity contribution in [2.45, 2.75) is 12.3 Å². The molecule has 1 aromatic rings. The number of aromatic nitrogens is 1. The van der Waals surface area contributed by atoms with Gasteiger partial charge in [-0.05, 0) is 0 Å². The number of rotatable bonds is 3. The first-order chi connectivity index (χ1) is 6.99. The van der Waals surface area contributed by atoms with Crippen LogP contribution in [-0.2, 0) is 5.88 Å². The van der Waals surface area contributed by atoms with Crippen molar-refractivity contribution in [3.05, 3.63) is 27.6 Å². The molecule has 8 heteroatoms. The third-order valence-electron chi connectivity index (χ3n) is 1.74. The zero-order valence-corrected chi connectivity index (χ0v) is 8.04. The summed E-state index contributed by atoms with van der Waals surface area (Å²) in [4.78, 5) is 13.2. The molecule has 0 fully saturated rings. The highest BCUT2D eigenvalue weighted by Crippen LogP contribution is 2.33. The summed E-state index contributed by atoms with van der Waals surface area (Å²) >= 11 is 5.37. The van der Waals surface area contributed by atoms with E-state index >= 15 is 0 Å². The molecule has 0 radical (unpaired) electrons. The van der Waals surface area contributed by atoms with Crippen LogP contribution < -0.4 is 5.73 Å². The Hall–Kier alpha value is -1.50. The molecule has 1 rings (SSSR count). The first kappa shape index (κ1) is 11.6. The molecule has 0 unspecified atom stereocenters. The van der Waals surface area contributed by atoms with E-state index in [0.29, 0.717) is 0 Å². The minimum absolute atomic E-state index is 0.122. The van der Waals surface area contributed by atoms with Crippen LogP contribution >= 0.6 is 11.6 Å². The van der Waals surface area contributed by atoms with Gasteiger partial charge in [0.2, 0.25) is 0 Å². The van der Waals surface area contributed by atoms with Crippen LogP contribution in [0.2, 0.25) is 0 Å². The van der Waals surface area contributed by atoms with Gasteiger partial charge in [0.25, 0.3) is 6.43 Å². The van der Waals surface area contributed by atoms with Crippen LogP contribution in [0.4, 0.5) is 20.2 Å². The maximum atomic E-state index is 12.3. The zero-order valence-electron chi connectivity index (χ0n) is 7.28. The molecule has 2 N–H and O–H groups in total.